The Morgan fingerprint density at radius 3 is 2.35 bits per heavy atom. The Morgan fingerprint density at radius 1 is 0.962 bits per heavy atom. The van der Waals surface area contributed by atoms with Gasteiger partial charge >= 0.3 is 0 Å². The van der Waals surface area contributed by atoms with Gasteiger partial charge in [0.15, 0.2) is 5.17 Å². The van der Waals surface area contributed by atoms with Gasteiger partial charge in [0.2, 0.25) is 0 Å². The third-order valence-corrected chi connectivity index (χ3v) is 6.14. The summed E-state index contributed by atoms with van der Waals surface area (Å²) in [4.78, 5) is 17.4. The van der Waals surface area contributed by atoms with Gasteiger partial charge in [-0.05, 0) is 17.0 Å². The third-order valence-electron chi connectivity index (χ3n) is 4.27. The van der Waals surface area contributed by atoms with Gasteiger partial charge in [0.1, 0.15) is 0 Å². The second-order valence-corrected chi connectivity index (χ2v) is 7.73. The highest BCUT2D eigenvalue weighted by atomic mass is 35.5. The lowest BCUT2D eigenvalue weighted by molar-refractivity contribution is 0.0698. The zero-order valence-electron chi connectivity index (χ0n) is 14.1. The molecule has 0 unspecified atom stereocenters. The molecule has 4 rings (SSSR count). The molecule has 136 valence electrons. The van der Waals surface area contributed by atoms with Gasteiger partial charge in [-0.2, -0.15) is 5.10 Å². The van der Waals surface area contributed by atoms with Crippen molar-refractivity contribution in [3.05, 3.63) is 58.3 Å². The minimum absolute atomic E-state index is 0. The molecule has 1 fully saturated rings. The molecular formula is C18H19ClN4OS2. The van der Waals surface area contributed by atoms with E-state index in [0.717, 1.165) is 53.3 Å². The van der Waals surface area contributed by atoms with Gasteiger partial charge in [-0.1, -0.05) is 48.2 Å². The van der Waals surface area contributed by atoms with Crippen LogP contribution in [0.1, 0.15) is 15.2 Å². The van der Waals surface area contributed by atoms with Crippen LogP contribution in [0.25, 0.3) is 0 Å². The van der Waals surface area contributed by atoms with E-state index < -0.39 is 0 Å². The lowest BCUT2D eigenvalue weighted by Gasteiger charge is -2.36. The second kappa shape index (κ2) is 8.70. The highest BCUT2D eigenvalue weighted by Gasteiger charge is 2.26. The Balaban J connectivity index is 0.00000196. The normalized spacial score (nSPS) is 17.2. The first-order valence-corrected chi connectivity index (χ1v) is 10.1. The standard InChI is InChI=1S/C18H18N4OS2.ClH/c23-17(16-7-4-12-24-16)21-8-10-22(11-9-21)18-20-19-15(13-25-18)14-5-2-1-3-6-14;/h1-7,12H,8-11,13H2;1H. The molecule has 0 spiro atoms. The van der Waals surface area contributed by atoms with Crippen molar-refractivity contribution in [3.63, 3.8) is 0 Å². The van der Waals surface area contributed by atoms with Crippen molar-refractivity contribution in [2.24, 2.45) is 10.2 Å². The zero-order valence-corrected chi connectivity index (χ0v) is 16.5. The van der Waals surface area contributed by atoms with E-state index in [9.17, 15) is 4.79 Å². The van der Waals surface area contributed by atoms with Crippen molar-refractivity contribution in [1.29, 1.82) is 0 Å². The number of amidine groups is 1. The number of carbonyl (C=O) groups is 1. The van der Waals surface area contributed by atoms with Crippen LogP contribution in [0.2, 0.25) is 0 Å². The van der Waals surface area contributed by atoms with E-state index >= 15 is 0 Å². The van der Waals surface area contributed by atoms with Gasteiger partial charge in [0.25, 0.3) is 5.91 Å². The van der Waals surface area contributed by atoms with E-state index in [4.69, 9.17) is 0 Å². The summed E-state index contributed by atoms with van der Waals surface area (Å²) in [5, 5.41) is 11.7. The molecule has 1 amide bonds. The van der Waals surface area contributed by atoms with E-state index in [-0.39, 0.29) is 18.3 Å². The zero-order chi connectivity index (χ0) is 17.1. The van der Waals surface area contributed by atoms with Crippen LogP contribution in [0, 0.1) is 0 Å². The number of hydrogen-bond donors (Lipinski definition) is 0. The average Bonchev–Trinajstić information content (AvgIpc) is 3.23. The van der Waals surface area contributed by atoms with Crippen LogP contribution in [0.3, 0.4) is 0 Å². The second-order valence-electron chi connectivity index (χ2n) is 5.84. The van der Waals surface area contributed by atoms with Crippen LogP contribution in [0.15, 0.2) is 58.0 Å². The molecule has 1 aromatic carbocycles. The number of thiophene rings is 1. The third kappa shape index (κ3) is 4.11. The van der Waals surface area contributed by atoms with Gasteiger partial charge < -0.3 is 9.80 Å². The molecule has 0 atom stereocenters. The first kappa shape index (κ1) is 18.9. The average molecular weight is 407 g/mol. The molecule has 8 heteroatoms. The number of hydrogen-bond acceptors (Lipinski definition) is 6. The lowest BCUT2D eigenvalue weighted by Crippen LogP contribution is -2.50. The molecule has 1 aromatic heterocycles. The first-order chi connectivity index (χ1) is 12.3. The highest BCUT2D eigenvalue weighted by Crippen LogP contribution is 2.20. The van der Waals surface area contributed by atoms with Crippen molar-refractivity contribution in [2.75, 3.05) is 31.9 Å². The smallest absolute Gasteiger partial charge is 0.264 e. The van der Waals surface area contributed by atoms with Crippen LogP contribution in [-0.4, -0.2) is 58.5 Å². The quantitative estimate of drug-likeness (QED) is 0.767. The largest absolute Gasteiger partial charge is 0.346 e. The molecule has 1 saturated heterocycles. The molecule has 2 aliphatic rings. The van der Waals surface area contributed by atoms with Gasteiger partial charge in [-0.15, -0.1) is 28.8 Å². The Bertz CT molecular complexity index is 800. The monoisotopic (exact) mass is 406 g/mol. The lowest BCUT2D eigenvalue weighted by atomic mass is 10.1. The molecule has 0 N–H and O–H groups in total. The summed E-state index contributed by atoms with van der Waals surface area (Å²) < 4.78 is 0. The number of amides is 1. The van der Waals surface area contributed by atoms with E-state index in [0.29, 0.717) is 0 Å². The molecular weight excluding hydrogens is 388 g/mol. The Labute approximate surface area is 167 Å². The number of nitrogens with zero attached hydrogens (tertiary/aromatic N) is 4. The van der Waals surface area contributed by atoms with Crippen LogP contribution >= 0.6 is 35.5 Å². The van der Waals surface area contributed by atoms with Crippen molar-refractivity contribution in [1.82, 2.24) is 9.80 Å². The summed E-state index contributed by atoms with van der Waals surface area (Å²) in [6.07, 6.45) is 0. The molecule has 0 saturated carbocycles. The Morgan fingerprint density at radius 2 is 1.73 bits per heavy atom. The van der Waals surface area contributed by atoms with Crippen LogP contribution in [0.4, 0.5) is 0 Å². The molecule has 26 heavy (non-hydrogen) atoms. The van der Waals surface area contributed by atoms with Crippen LogP contribution in [0.5, 0.6) is 0 Å². The molecule has 2 aromatic rings. The summed E-state index contributed by atoms with van der Waals surface area (Å²) in [6, 6.07) is 14.0. The number of halogens is 1. The fourth-order valence-electron chi connectivity index (χ4n) is 2.88. The van der Waals surface area contributed by atoms with Gasteiger partial charge in [0, 0.05) is 31.9 Å². The van der Waals surface area contributed by atoms with E-state index in [1.54, 1.807) is 11.8 Å². The summed E-state index contributed by atoms with van der Waals surface area (Å²) >= 11 is 3.23. The SMILES string of the molecule is Cl.O=C(c1cccs1)N1CCN(C2=NN=C(c3ccccc3)CS2)CC1. The van der Waals surface area contributed by atoms with Crippen molar-refractivity contribution in [2.45, 2.75) is 0 Å². The fourth-order valence-corrected chi connectivity index (χ4v) is 4.52. The summed E-state index contributed by atoms with van der Waals surface area (Å²) in [6.45, 7) is 3.06. The molecule has 2 aliphatic heterocycles. The Kier molecular flexibility index (Phi) is 6.34. The summed E-state index contributed by atoms with van der Waals surface area (Å²) in [5.74, 6) is 0.967. The minimum Gasteiger partial charge on any atom is -0.346 e. The number of thioether (sulfide) groups is 1. The van der Waals surface area contributed by atoms with E-state index in [1.807, 2.05) is 40.6 Å². The predicted octanol–water partition coefficient (Wildman–Crippen LogP) is 3.43. The van der Waals surface area contributed by atoms with Gasteiger partial charge in [-0.3, -0.25) is 4.79 Å². The van der Waals surface area contributed by atoms with Crippen LogP contribution < -0.4 is 0 Å². The summed E-state index contributed by atoms with van der Waals surface area (Å²) in [7, 11) is 0. The topological polar surface area (TPSA) is 48.3 Å². The Hall–Kier alpha value is -1.83. The number of carbonyl (C=O) groups excluding carboxylic acids is 1. The predicted molar refractivity (Wildman–Crippen MR) is 112 cm³/mol. The number of rotatable bonds is 2. The number of benzene rings is 1. The highest BCUT2D eigenvalue weighted by molar-refractivity contribution is 8.14. The molecule has 0 radical (unpaired) electrons. The minimum atomic E-state index is 0. The van der Waals surface area contributed by atoms with Gasteiger partial charge in [0.05, 0.1) is 10.6 Å². The van der Waals surface area contributed by atoms with E-state index in [2.05, 4.69) is 27.2 Å². The van der Waals surface area contributed by atoms with Crippen LogP contribution in [-0.2, 0) is 0 Å². The van der Waals surface area contributed by atoms with Crippen molar-refractivity contribution >= 4 is 52.3 Å². The maximum absolute atomic E-state index is 12.4. The molecule has 5 nitrogen and oxygen atoms in total. The van der Waals surface area contributed by atoms with Gasteiger partial charge in [-0.25, -0.2) is 0 Å². The van der Waals surface area contributed by atoms with E-state index in [1.165, 1.54) is 11.3 Å². The number of piperazine rings is 1. The van der Waals surface area contributed by atoms with Crippen molar-refractivity contribution in [3.8, 4) is 0 Å². The first-order valence-electron chi connectivity index (χ1n) is 8.22. The fraction of sp³-hybridized carbons (Fsp3) is 0.278. The molecule has 3 heterocycles. The van der Waals surface area contributed by atoms with Crippen molar-refractivity contribution < 1.29 is 4.79 Å². The maximum Gasteiger partial charge on any atom is 0.264 e. The molecule has 0 aliphatic carbocycles. The summed E-state index contributed by atoms with van der Waals surface area (Å²) in [5.41, 5.74) is 2.14. The molecule has 0 bridgehead atoms. The maximum atomic E-state index is 12.4.